The van der Waals surface area contributed by atoms with Crippen molar-refractivity contribution in [3.8, 4) is 5.75 Å². The summed E-state index contributed by atoms with van der Waals surface area (Å²) in [6.45, 7) is 0.0910. The number of hydrogen-bond acceptors (Lipinski definition) is 3. The molecule has 3 rings (SSSR count). The Labute approximate surface area is 138 Å². The van der Waals surface area contributed by atoms with Gasteiger partial charge in [0.1, 0.15) is 0 Å². The number of aryl methyl sites for hydroxylation is 1. The Hall–Kier alpha value is -2.89. The van der Waals surface area contributed by atoms with Crippen molar-refractivity contribution in [2.24, 2.45) is 0 Å². The molecule has 5 nitrogen and oxygen atoms in total. The fraction of sp³-hybridized carbons (Fsp3) is 0.222. The molecule has 6 heteroatoms. The number of rotatable bonds is 5. The lowest BCUT2D eigenvalue weighted by atomic mass is 10.0. The van der Waals surface area contributed by atoms with Gasteiger partial charge in [-0.1, -0.05) is 12.1 Å². The number of benzene rings is 2. The number of ether oxygens (including phenoxy) is 1. The molecule has 2 N–H and O–H groups in total. The average molecular weight is 328 g/mol. The minimum absolute atomic E-state index is 0.00424. The molecular weight excluding hydrogens is 311 g/mol. The molecule has 0 saturated heterocycles. The first kappa shape index (κ1) is 16.0. The molecule has 24 heavy (non-hydrogen) atoms. The second kappa shape index (κ2) is 7.12. The summed E-state index contributed by atoms with van der Waals surface area (Å²) in [6, 6.07) is 11.4. The van der Waals surface area contributed by atoms with Gasteiger partial charge in [0.15, 0.2) is 11.6 Å². The first-order chi connectivity index (χ1) is 11.6. The smallest absolute Gasteiger partial charge is 0.227 e. The van der Waals surface area contributed by atoms with Crippen molar-refractivity contribution in [3.63, 3.8) is 0 Å². The fourth-order valence-electron chi connectivity index (χ4n) is 2.50. The summed E-state index contributed by atoms with van der Waals surface area (Å²) in [7, 11) is 0. The summed E-state index contributed by atoms with van der Waals surface area (Å²) >= 11 is 0. The molecule has 1 heterocycles. The minimum Gasteiger partial charge on any atom is -0.490 e. The molecule has 0 radical (unpaired) electrons. The summed E-state index contributed by atoms with van der Waals surface area (Å²) in [6.07, 6.45) is 1.21. The Balaban J connectivity index is 1.52. The van der Waals surface area contributed by atoms with E-state index < -0.39 is 5.82 Å². The van der Waals surface area contributed by atoms with Crippen molar-refractivity contribution < 1.29 is 18.7 Å². The number of carbonyl (C=O) groups is 2. The van der Waals surface area contributed by atoms with Crippen LogP contribution in [0.2, 0.25) is 0 Å². The molecule has 0 unspecified atom stereocenters. The van der Waals surface area contributed by atoms with Gasteiger partial charge >= 0.3 is 0 Å². The summed E-state index contributed by atoms with van der Waals surface area (Å²) < 4.78 is 18.7. The zero-order chi connectivity index (χ0) is 16.9. The lowest BCUT2D eigenvalue weighted by Crippen LogP contribution is -2.20. The predicted molar refractivity (Wildman–Crippen MR) is 88.5 cm³/mol. The zero-order valence-electron chi connectivity index (χ0n) is 13.0. The molecule has 1 aliphatic rings. The van der Waals surface area contributed by atoms with Gasteiger partial charge in [-0.25, -0.2) is 4.39 Å². The topological polar surface area (TPSA) is 67.4 Å². The highest BCUT2D eigenvalue weighted by atomic mass is 19.1. The van der Waals surface area contributed by atoms with Gasteiger partial charge in [-0.3, -0.25) is 9.59 Å². The van der Waals surface area contributed by atoms with E-state index in [9.17, 15) is 14.0 Å². The highest BCUT2D eigenvalue weighted by molar-refractivity contribution is 5.95. The second-order valence-corrected chi connectivity index (χ2v) is 5.50. The van der Waals surface area contributed by atoms with Crippen LogP contribution in [0, 0.1) is 5.82 Å². The Morgan fingerprint density at radius 2 is 2.04 bits per heavy atom. The number of anilines is 2. The normalized spacial score (nSPS) is 13.0. The second-order valence-electron chi connectivity index (χ2n) is 5.50. The van der Waals surface area contributed by atoms with Crippen molar-refractivity contribution in [1.29, 1.82) is 0 Å². The van der Waals surface area contributed by atoms with Crippen LogP contribution in [0.25, 0.3) is 0 Å². The largest absolute Gasteiger partial charge is 0.490 e. The molecular formula is C18H17FN2O3. The van der Waals surface area contributed by atoms with Crippen LogP contribution in [0.5, 0.6) is 5.75 Å². The van der Waals surface area contributed by atoms with Crippen LogP contribution >= 0.6 is 0 Å². The van der Waals surface area contributed by atoms with Crippen LogP contribution in [0.15, 0.2) is 42.5 Å². The third-order valence-corrected chi connectivity index (χ3v) is 3.71. The Bertz CT molecular complexity index is 777. The minimum atomic E-state index is -0.449. The summed E-state index contributed by atoms with van der Waals surface area (Å²) in [5.41, 5.74) is 2.45. The lowest BCUT2D eigenvalue weighted by molar-refractivity contribution is -0.117. The van der Waals surface area contributed by atoms with E-state index in [0.717, 1.165) is 11.3 Å². The van der Waals surface area contributed by atoms with Crippen molar-refractivity contribution in [3.05, 3.63) is 53.8 Å². The molecule has 0 saturated carbocycles. The van der Waals surface area contributed by atoms with Crippen LogP contribution in [0.3, 0.4) is 0 Å². The molecule has 124 valence electrons. The maximum Gasteiger partial charge on any atom is 0.227 e. The number of nitrogens with one attached hydrogen (secondary N) is 2. The Morgan fingerprint density at radius 3 is 2.88 bits per heavy atom. The van der Waals surface area contributed by atoms with E-state index in [4.69, 9.17) is 4.74 Å². The summed E-state index contributed by atoms with van der Waals surface area (Å²) in [4.78, 5) is 23.3. The third-order valence-electron chi connectivity index (χ3n) is 3.71. The average Bonchev–Trinajstić information content (AvgIpc) is 2.57. The van der Waals surface area contributed by atoms with E-state index in [1.54, 1.807) is 24.3 Å². The molecule has 2 amide bonds. The number of para-hydroxylation sites is 1. The van der Waals surface area contributed by atoms with Gasteiger partial charge in [0.25, 0.3) is 0 Å². The van der Waals surface area contributed by atoms with Gasteiger partial charge in [0, 0.05) is 17.8 Å². The van der Waals surface area contributed by atoms with Crippen LogP contribution in [0.1, 0.15) is 18.4 Å². The van der Waals surface area contributed by atoms with E-state index in [-0.39, 0.29) is 30.6 Å². The highest BCUT2D eigenvalue weighted by Crippen LogP contribution is 2.25. The summed E-state index contributed by atoms with van der Waals surface area (Å²) in [5, 5.41) is 5.57. The molecule has 0 spiro atoms. The van der Waals surface area contributed by atoms with E-state index in [0.29, 0.717) is 18.5 Å². The van der Waals surface area contributed by atoms with E-state index in [1.165, 1.54) is 12.1 Å². The number of carbonyl (C=O) groups excluding carboxylic acids is 2. The Kier molecular flexibility index (Phi) is 4.74. The van der Waals surface area contributed by atoms with Crippen molar-refractivity contribution in [2.45, 2.75) is 19.3 Å². The molecule has 0 aliphatic carbocycles. The third kappa shape index (κ3) is 3.90. The van der Waals surface area contributed by atoms with E-state index in [2.05, 4.69) is 10.6 Å². The maximum absolute atomic E-state index is 13.4. The number of halogens is 1. The predicted octanol–water partition coefficient (Wildman–Crippen LogP) is 3.12. The van der Waals surface area contributed by atoms with Crippen LogP contribution < -0.4 is 15.4 Å². The zero-order valence-corrected chi connectivity index (χ0v) is 13.0. The first-order valence-corrected chi connectivity index (χ1v) is 7.72. The molecule has 2 aromatic carbocycles. The first-order valence-electron chi connectivity index (χ1n) is 7.72. The van der Waals surface area contributed by atoms with Gasteiger partial charge in [-0.05, 0) is 42.3 Å². The molecule has 0 bridgehead atoms. The maximum atomic E-state index is 13.4. The number of fused-ring (bicyclic) bond motifs is 1. The fourth-order valence-corrected chi connectivity index (χ4v) is 2.50. The number of hydrogen-bond donors (Lipinski definition) is 2. The SMILES string of the molecule is O=C(CCOc1ccccc1F)Nc1ccc2c(c1)CCC(=O)N2. The number of amides is 2. The quantitative estimate of drug-likeness (QED) is 0.886. The van der Waals surface area contributed by atoms with Gasteiger partial charge in [0.2, 0.25) is 11.8 Å². The standard InChI is InChI=1S/C18H17FN2O3/c19-14-3-1-2-4-16(14)24-10-9-18(23)20-13-6-7-15-12(11-13)5-8-17(22)21-15/h1-4,6-7,11H,5,8-10H2,(H,20,23)(H,21,22). The van der Waals surface area contributed by atoms with Gasteiger partial charge in [-0.2, -0.15) is 0 Å². The van der Waals surface area contributed by atoms with Crippen LogP contribution in [-0.2, 0) is 16.0 Å². The van der Waals surface area contributed by atoms with Crippen molar-refractivity contribution >= 4 is 23.2 Å². The van der Waals surface area contributed by atoms with E-state index in [1.807, 2.05) is 6.07 Å². The summed E-state index contributed by atoms with van der Waals surface area (Å²) in [5.74, 6) is -0.528. The van der Waals surface area contributed by atoms with Gasteiger partial charge < -0.3 is 15.4 Å². The Morgan fingerprint density at radius 1 is 1.21 bits per heavy atom. The van der Waals surface area contributed by atoms with Crippen LogP contribution in [0.4, 0.5) is 15.8 Å². The molecule has 0 fully saturated rings. The van der Waals surface area contributed by atoms with Crippen molar-refractivity contribution in [2.75, 3.05) is 17.2 Å². The molecule has 0 aromatic heterocycles. The molecule has 0 atom stereocenters. The van der Waals surface area contributed by atoms with Crippen LogP contribution in [-0.4, -0.2) is 18.4 Å². The van der Waals surface area contributed by atoms with Crippen molar-refractivity contribution in [1.82, 2.24) is 0 Å². The lowest BCUT2D eigenvalue weighted by Gasteiger charge is -2.17. The highest BCUT2D eigenvalue weighted by Gasteiger charge is 2.15. The van der Waals surface area contributed by atoms with Gasteiger partial charge in [0.05, 0.1) is 13.0 Å². The molecule has 2 aromatic rings. The monoisotopic (exact) mass is 328 g/mol. The van der Waals surface area contributed by atoms with Gasteiger partial charge in [-0.15, -0.1) is 0 Å². The molecule has 1 aliphatic heterocycles. The van der Waals surface area contributed by atoms with E-state index >= 15 is 0 Å².